The summed E-state index contributed by atoms with van der Waals surface area (Å²) in [7, 11) is 0. The molecule has 1 aromatic rings. The summed E-state index contributed by atoms with van der Waals surface area (Å²) in [5.74, 6) is -3.00. The summed E-state index contributed by atoms with van der Waals surface area (Å²) in [6.07, 6.45) is -1.28. The molecule has 18 heavy (non-hydrogen) atoms. The lowest BCUT2D eigenvalue weighted by atomic mass is 10.1. The smallest absolute Gasteiger partial charge is 0.328 e. The summed E-state index contributed by atoms with van der Waals surface area (Å²) in [6, 6.07) is 2.46. The highest BCUT2D eigenvalue weighted by Gasteiger charge is 2.26. The van der Waals surface area contributed by atoms with Crippen LogP contribution in [0.15, 0.2) is 18.2 Å². The number of aliphatic carboxylic acids is 1. The zero-order chi connectivity index (χ0) is 13.9. The molecule has 0 aliphatic rings. The lowest BCUT2D eigenvalue weighted by Crippen LogP contribution is -2.47. The van der Waals surface area contributed by atoms with Gasteiger partial charge in [0.1, 0.15) is 5.82 Å². The van der Waals surface area contributed by atoms with Gasteiger partial charge in [0.2, 0.25) is 0 Å². The molecule has 1 amide bonds. The lowest BCUT2D eigenvalue weighted by molar-refractivity contribution is -0.141. The number of aliphatic hydroxyl groups excluding tert-OH is 1. The summed E-state index contributed by atoms with van der Waals surface area (Å²) < 4.78 is 13.4. The van der Waals surface area contributed by atoms with Crippen LogP contribution in [0.1, 0.15) is 22.8 Å². The van der Waals surface area contributed by atoms with Gasteiger partial charge in [-0.1, -0.05) is 11.6 Å². The van der Waals surface area contributed by atoms with Crippen molar-refractivity contribution < 1.29 is 24.2 Å². The van der Waals surface area contributed by atoms with Gasteiger partial charge >= 0.3 is 5.97 Å². The minimum atomic E-state index is -1.47. The number of nitrogens with one attached hydrogen (secondary N) is 1. The molecule has 2 unspecified atom stereocenters. The quantitative estimate of drug-likeness (QED) is 0.739. The van der Waals surface area contributed by atoms with Crippen LogP contribution in [0.4, 0.5) is 4.39 Å². The van der Waals surface area contributed by atoms with E-state index in [9.17, 15) is 19.1 Å². The fraction of sp³-hybridized carbons (Fsp3) is 0.333. The highest BCUT2D eigenvalue weighted by atomic mass is 19.1. The Labute approximate surface area is 103 Å². The third kappa shape index (κ3) is 3.27. The van der Waals surface area contributed by atoms with E-state index < -0.39 is 29.8 Å². The fourth-order valence-corrected chi connectivity index (χ4v) is 1.42. The van der Waals surface area contributed by atoms with Crippen LogP contribution in [0.2, 0.25) is 0 Å². The number of carboxylic acids is 1. The molecule has 1 aromatic carbocycles. The summed E-state index contributed by atoms with van der Waals surface area (Å²) in [6.45, 7) is 2.91. The standard InChI is InChI=1S/C12H14FNO4/c1-6-3-4-9(13)8(5-6)11(16)14-10(7(2)15)12(17)18/h3-5,7,10,15H,1-2H3,(H,14,16)(H,17,18). The summed E-state index contributed by atoms with van der Waals surface area (Å²) in [4.78, 5) is 22.5. The van der Waals surface area contributed by atoms with Gasteiger partial charge in [-0.25, -0.2) is 9.18 Å². The molecule has 0 spiro atoms. The van der Waals surface area contributed by atoms with Crippen LogP contribution in [0.5, 0.6) is 0 Å². The van der Waals surface area contributed by atoms with Gasteiger partial charge in [-0.05, 0) is 26.0 Å². The van der Waals surface area contributed by atoms with Crippen molar-refractivity contribution in [1.82, 2.24) is 5.32 Å². The van der Waals surface area contributed by atoms with E-state index in [4.69, 9.17) is 5.11 Å². The molecule has 0 bridgehead atoms. The Morgan fingerprint density at radius 1 is 1.39 bits per heavy atom. The number of amides is 1. The Bertz CT molecular complexity index is 473. The van der Waals surface area contributed by atoms with Gasteiger partial charge < -0.3 is 15.5 Å². The van der Waals surface area contributed by atoms with Gasteiger partial charge in [-0.15, -0.1) is 0 Å². The third-order valence-corrected chi connectivity index (χ3v) is 2.40. The van der Waals surface area contributed by atoms with E-state index in [0.717, 1.165) is 6.07 Å². The Morgan fingerprint density at radius 3 is 2.50 bits per heavy atom. The predicted octanol–water partition coefficient (Wildman–Crippen LogP) is 0.698. The van der Waals surface area contributed by atoms with E-state index in [1.54, 1.807) is 6.92 Å². The van der Waals surface area contributed by atoms with Gasteiger partial charge in [0.15, 0.2) is 6.04 Å². The van der Waals surface area contributed by atoms with E-state index >= 15 is 0 Å². The van der Waals surface area contributed by atoms with Gasteiger partial charge in [-0.2, -0.15) is 0 Å². The number of aryl methyl sites for hydroxylation is 1. The van der Waals surface area contributed by atoms with Crippen molar-refractivity contribution in [2.24, 2.45) is 0 Å². The SMILES string of the molecule is Cc1ccc(F)c(C(=O)NC(C(=O)O)C(C)O)c1. The Kier molecular flexibility index (Phi) is 4.38. The summed E-state index contributed by atoms with van der Waals surface area (Å²) >= 11 is 0. The average molecular weight is 255 g/mol. The normalized spacial score (nSPS) is 13.8. The maximum absolute atomic E-state index is 13.4. The maximum atomic E-state index is 13.4. The zero-order valence-electron chi connectivity index (χ0n) is 9.98. The molecular weight excluding hydrogens is 241 g/mol. The number of hydrogen-bond donors (Lipinski definition) is 3. The first-order valence-electron chi connectivity index (χ1n) is 5.31. The second-order valence-electron chi connectivity index (χ2n) is 4.01. The summed E-state index contributed by atoms with van der Waals surface area (Å²) in [5.41, 5.74) is 0.423. The molecule has 6 heteroatoms. The van der Waals surface area contributed by atoms with Crippen LogP contribution in [0.3, 0.4) is 0 Å². The van der Waals surface area contributed by atoms with E-state index in [2.05, 4.69) is 5.32 Å². The molecule has 0 radical (unpaired) electrons. The maximum Gasteiger partial charge on any atom is 0.328 e. The van der Waals surface area contributed by atoms with Crippen LogP contribution < -0.4 is 5.32 Å². The largest absolute Gasteiger partial charge is 0.480 e. The first-order valence-corrected chi connectivity index (χ1v) is 5.31. The second kappa shape index (κ2) is 5.59. The van der Waals surface area contributed by atoms with Gasteiger partial charge in [0, 0.05) is 0 Å². The average Bonchev–Trinajstić information content (AvgIpc) is 2.28. The molecule has 0 aliphatic carbocycles. The predicted molar refractivity (Wildman–Crippen MR) is 61.7 cm³/mol. The number of carbonyl (C=O) groups excluding carboxylic acids is 1. The zero-order valence-corrected chi connectivity index (χ0v) is 9.98. The topological polar surface area (TPSA) is 86.6 Å². The molecule has 0 fully saturated rings. The lowest BCUT2D eigenvalue weighted by Gasteiger charge is -2.17. The number of rotatable bonds is 4. The highest BCUT2D eigenvalue weighted by molar-refractivity contribution is 5.97. The Balaban J connectivity index is 2.94. The minimum Gasteiger partial charge on any atom is -0.480 e. The molecule has 0 aliphatic heterocycles. The van der Waals surface area contributed by atoms with Crippen LogP contribution in [-0.2, 0) is 4.79 Å². The van der Waals surface area contributed by atoms with Gasteiger partial charge in [-0.3, -0.25) is 4.79 Å². The summed E-state index contributed by atoms with van der Waals surface area (Å²) in [5, 5.41) is 20.1. The van der Waals surface area contributed by atoms with Crippen LogP contribution in [0, 0.1) is 12.7 Å². The van der Waals surface area contributed by atoms with Crippen molar-refractivity contribution in [3.63, 3.8) is 0 Å². The minimum absolute atomic E-state index is 0.248. The molecule has 2 atom stereocenters. The molecule has 0 saturated heterocycles. The van der Waals surface area contributed by atoms with Crippen LogP contribution in [-0.4, -0.2) is 34.2 Å². The fourth-order valence-electron chi connectivity index (χ4n) is 1.42. The van der Waals surface area contributed by atoms with Crippen molar-refractivity contribution in [3.8, 4) is 0 Å². The first-order chi connectivity index (χ1) is 8.32. The number of aliphatic hydroxyl groups is 1. The molecular formula is C12H14FNO4. The van der Waals surface area contributed by atoms with Gasteiger partial charge in [0.25, 0.3) is 5.91 Å². The molecule has 0 aromatic heterocycles. The van der Waals surface area contributed by atoms with Crippen molar-refractivity contribution in [2.45, 2.75) is 26.0 Å². The molecule has 3 N–H and O–H groups in total. The number of carbonyl (C=O) groups is 2. The van der Waals surface area contributed by atoms with E-state index in [-0.39, 0.29) is 5.56 Å². The number of carboxylic acid groups (broad SMARTS) is 1. The van der Waals surface area contributed by atoms with E-state index in [1.165, 1.54) is 19.1 Å². The van der Waals surface area contributed by atoms with Crippen molar-refractivity contribution >= 4 is 11.9 Å². The van der Waals surface area contributed by atoms with E-state index in [1.807, 2.05) is 0 Å². The molecule has 0 heterocycles. The first kappa shape index (κ1) is 14.1. The Hall–Kier alpha value is -1.95. The molecule has 5 nitrogen and oxygen atoms in total. The van der Waals surface area contributed by atoms with Crippen LogP contribution >= 0.6 is 0 Å². The monoisotopic (exact) mass is 255 g/mol. The highest BCUT2D eigenvalue weighted by Crippen LogP contribution is 2.10. The number of hydrogen-bond acceptors (Lipinski definition) is 3. The number of halogens is 1. The molecule has 0 saturated carbocycles. The third-order valence-electron chi connectivity index (χ3n) is 2.40. The van der Waals surface area contributed by atoms with Crippen LogP contribution in [0.25, 0.3) is 0 Å². The van der Waals surface area contributed by atoms with Gasteiger partial charge in [0.05, 0.1) is 11.7 Å². The van der Waals surface area contributed by atoms with Crippen molar-refractivity contribution in [2.75, 3.05) is 0 Å². The van der Waals surface area contributed by atoms with Crippen molar-refractivity contribution in [3.05, 3.63) is 35.1 Å². The number of benzene rings is 1. The van der Waals surface area contributed by atoms with E-state index in [0.29, 0.717) is 5.56 Å². The second-order valence-corrected chi connectivity index (χ2v) is 4.01. The molecule has 1 rings (SSSR count). The molecule has 98 valence electrons. The van der Waals surface area contributed by atoms with Crippen molar-refractivity contribution in [1.29, 1.82) is 0 Å². The Morgan fingerprint density at radius 2 is 2.00 bits per heavy atom.